The van der Waals surface area contributed by atoms with Crippen molar-refractivity contribution in [3.63, 3.8) is 0 Å². The molecule has 0 aromatic heterocycles. The Morgan fingerprint density at radius 1 is 0.947 bits per heavy atom. The van der Waals surface area contributed by atoms with Gasteiger partial charge in [-0.3, -0.25) is 0 Å². The summed E-state index contributed by atoms with van der Waals surface area (Å²) < 4.78 is 0. The molecule has 0 fully saturated rings. The van der Waals surface area contributed by atoms with Crippen LogP contribution in [-0.2, 0) is 22.0 Å². The standard InChI is InChI=1S/C18H28O/c1-13-15(17(2,3)4)11-14(9-8-10-19)12-16(13)18(5,6)7/h10-12H,8-9H2,1-7H3. The largest absolute Gasteiger partial charge is 0.303 e. The molecule has 0 unspecified atom stereocenters. The molecule has 1 aromatic rings. The number of rotatable bonds is 3. The summed E-state index contributed by atoms with van der Waals surface area (Å²) in [6.07, 6.45) is 2.46. The summed E-state index contributed by atoms with van der Waals surface area (Å²) in [6.45, 7) is 15.8. The zero-order valence-electron chi connectivity index (χ0n) is 13.6. The van der Waals surface area contributed by atoms with Gasteiger partial charge in [-0.2, -0.15) is 0 Å². The van der Waals surface area contributed by atoms with Gasteiger partial charge in [-0.05, 0) is 46.4 Å². The average molecular weight is 260 g/mol. The Morgan fingerprint density at radius 2 is 1.37 bits per heavy atom. The molecule has 0 amide bonds. The van der Waals surface area contributed by atoms with Gasteiger partial charge in [0, 0.05) is 6.42 Å². The molecule has 0 heterocycles. The molecule has 1 aromatic carbocycles. The lowest BCUT2D eigenvalue weighted by Gasteiger charge is -2.29. The predicted octanol–water partition coefficient (Wildman–Crippen LogP) is 4.72. The fourth-order valence-electron chi connectivity index (χ4n) is 2.70. The van der Waals surface area contributed by atoms with E-state index in [4.69, 9.17) is 0 Å². The SMILES string of the molecule is Cc1c(C(C)(C)C)cc(CCC=O)cc1C(C)(C)C. The maximum atomic E-state index is 10.6. The third kappa shape index (κ3) is 3.92. The lowest BCUT2D eigenvalue weighted by Crippen LogP contribution is -2.20. The van der Waals surface area contributed by atoms with Gasteiger partial charge < -0.3 is 4.79 Å². The van der Waals surface area contributed by atoms with E-state index in [1.165, 1.54) is 22.3 Å². The summed E-state index contributed by atoms with van der Waals surface area (Å²) in [4.78, 5) is 10.6. The molecule has 0 saturated carbocycles. The fourth-order valence-corrected chi connectivity index (χ4v) is 2.70. The van der Waals surface area contributed by atoms with Crippen molar-refractivity contribution >= 4 is 6.29 Å². The minimum Gasteiger partial charge on any atom is -0.303 e. The van der Waals surface area contributed by atoms with Crippen molar-refractivity contribution in [3.05, 3.63) is 34.4 Å². The Morgan fingerprint density at radius 3 is 1.68 bits per heavy atom. The second-order valence-electron chi connectivity index (χ2n) is 7.52. The fraction of sp³-hybridized carbons (Fsp3) is 0.611. The van der Waals surface area contributed by atoms with Crippen molar-refractivity contribution in [1.82, 2.24) is 0 Å². The van der Waals surface area contributed by atoms with Gasteiger partial charge in [-0.1, -0.05) is 53.7 Å². The highest BCUT2D eigenvalue weighted by Gasteiger charge is 2.24. The number of aryl methyl sites for hydroxylation is 1. The number of carbonyl (C=O) groups is 1. The molecule has 0 aliphatic carbocycles. The highest BCUT2D eigenvalue weighted by molar-refractivity contribution is 5.51. The van der Waals surface area contributed by atoms with E-state index in [1.807, 2.05) is 0 Å². The first-order valence-corrected chi connectivity index (χ1v) is 7.15. The summed E-state index contributed by atoms with van der Waals surface area (Å²) in [7, 11) is 0. The van der Waals surface area contributed by atoms with Gasteiger partial charge >= 0.3 is 0 Å². The van der Waals surface area contributed by atoms with Crippen LogP contribution in [0.4, 0.5) is 0 Å². The van der Waals surface area contributed by atoms with Crippen LogP contribution < -0.4 is 0 Å². The number of aldehydes is 1. The normalized spacial score (nSPS) is 12.6. The maximum absolute atomic E-state index is 10.6. The molecule has 0 aliphatic heterocycles. The van der Waals surface area contributed by atoms with Crippen LogP contribution in [-0.4, -0.2) is 6.29 Å². The van der Waals surface area contributed by atoms with E-state index < -0.39 is 0 Å². The monoisotopic (exact) mass is 260 g/mol. The molecule has 0 aliphatic rings. The van der Waals surface area contributed by atoms with Gasteiger partial charge in [0.1, 0.15) is 6.29 Å². The molecule has 1 nitrogen and oxygen atoms in total. The van der Waals surface area contributed by atoms with Crippen LogP contribution in [0.1, 0.15) is 70.2 Å². The van der Waals surface area contributed by atoms with Gasteiger partial charge in [0.2, 0.25) is 0 Å². The number of carbonyl (C=O) groups excluding carboxylic acids is 1. The van der Waals surface area contributed by atoms with Crippen LogP contribution in [0.25, 0.3) is 0 Å². The first-order chi connectivity index (χ1) is 8.57. The third-order valence-corrected chi connectivity index (χ3v) is 3.63. The van der Waals surface area contributed by atoms with Crippen LogP contribution in [0.15, 0.2) is 12.1 Å². The van der Waals surface area contributed by atoms with Crippen LogP contribution in [0.2, 0.25) is 0 Å². The Hall–Kier alpha value is -1.11. The number of benzene rings is 1. The molecule has 0 bridgehead atoms. The first-order valence-electron chi connectivity index (χ1n) is 7.15. The Balaban J connectivity index is 3.43. The summed E-state index contributed by atoms with van der Waals surface area (Å²) in [5.74, 6) is 0. The second kappa shape index (κ2) is 5.48. The van der Waals surface area contributed by atoms with Gasteiger partial charge in [0.15, 0.2) is 0 Å². The quantitative estimate of drug-likeness (QED) is 0.719. The number of hydrogen-bond acceptors (Lipinski definition) is 1. The van der Waals surface area contributed by atoms with E-state index in [2.05, 4.69) is 60.6 Å². The molecule has 106 valence electrons. The zero-order chi connectivity index (χ0) is 14.8. The van der Waals surface area contributed by atoms with E-state index in [1.54, 1.807) is 0 Å². The number of hydrogen-bond donors (Lipinski definition) is 0. The molecule has 19 heavy (non-hydrogen) atoms. The molecular formula is C18H28O. The van der Waals surface area contributed by atoms with E-state index in [-0.39, 0.29) is 10.8 Å². The van der Waals surface area contributed by atoms with Crippen molar-refractivity contribution in [3.8, 4) is 0 Å². The van der Waals surface area contributed by atoms with Gasteiger partial charge in [-0.25, -0.2) is 0 Å². The van der Waals surface area contributed by atoms with Crippen molar-refractivity contribution in [2.45, 2.75) is 72.1 Å². The highest BCUT2D eigenvalue weighted by Crippen LogP contribution is 2.34. The molecule has 0 saturated heterocycles. The average Bonchev–Trinajstić information content (AvgIpc) is 2.24. The minimum absolute atomic E-state index is 0.140. The summed E-state index contributed by atoms with van der Waals surface area (Å²) >= 11 is 0. The Labute approximate surface area is 118 Å². The highest BCUT2D eigenvalue weighted by atomic mass is 16.1. The van der Waals surface area contributed by atoms with E-state index in [0.717, 1.165) is 12.7 Å². The van der Waals surface area contributed by atoms with Crippen molar-refractivity contribution < 1.29 is 4.79 Å². The van der Waals surface area contributed by atoms with Gasteiger partial charge in [0.25, 0.3) is 0 Å². The van der Waals surface area contributed by atoms with Crippen molar-refractivity contribution in [1.29, 1.82) is 0 Å². The predicted molar refractivity (Wildman–Crippen MR) is 83.0 cm³/mol. The second-order valence-corrected chi connectivity index (χ2v) is 7.52. The smallest absolute Gasteiger partial charge is 0.120 e. The lowest BCUT2D eigenvalue weighted by atomic mass is 9.75. The molecule has 0 radical (unpaired) electrons. The molecule has 1 heteroatoms. The van der Waals surface area contributed by atoms with E-state index in [9.17, 15) is 4.79 Å². The molecular weight excluding hydrogens is 232 g/mol. The first kappa shape index (κ1) is 15.9. The lowest BCUT2D eigenvalue weighted by molar-refractivity contribution is -0.107. The van der Waals surface area contributed by atoms with E-state index in [0.29, 0.717) is 6.42 Å². The zero-order valence-corrected chi connectivity index (χ0v) is 13.6. The van der Waals surface area contributed by atoms with Crippen LogP contribution >= 0.6 is 0 Å². The Kier molecular flexibility index (Phi) is 4.60. The third-order valence-electron chi connectivity index (χ3n) is 3.63. The molecule has 0 spiro atoms. The Bertz CT molecular complexity index is 421. The van der Waals surface area contributed by atoms with Crippen LogP contribution in [0.3, 0.4) is 0 Å². The van der Waals surface area contributed by atoms with Crippen LogP contribution in [0, 0.1) is 6.92 Å². The molecule has 0 N–H and O–H groups in total. The van der Waals surface area contributed by atoms with Crippen LogP contribution in [0.5, 0.6) is 0 Å². The molecule has 1 rings (SSSR count). The summed E-state index contributed by atoms with van der Waals surface area (Å²) in [6, 6.07) is 4.57. The van der Waals surface area contributed by atoms with Crippen molar-refractivity contribution in [2.24, 2.45) is 0 Å². The van der Waals surface area contributed by atoms with Gasteiger partial charge in [0.05, 0.1) is 0 Å². The minimum atomic E-state index is 0.140. The maximum Gasteiger partial charge on any atom is 0.120 e. The topological polar surface area (TPSA) is 17.1 Å². The summed E-state index contributed by atoms with van der Waals surface area (Å²) in [5, 5.41) is 0. The van der Waals surface area contributed by atoms with Gasteiger partial charge in [-0.15, -0.1) is 0 Å². The molecule has 0 atom stereocenters. The van der Waals surface area contributed by atoms with Crippen molar-refractivity contribution in [2.75, 3.05) is 0 Å². The van der Waals surface area contributed by atoms with E-state index >= 15 is 0 Å². The summed E-state index contributed by atoms with van der Waals surface area (Å²) in [5.41, 5.74) is 5.77.